The maximum Gasteiger partial charge on any atom is 0.275 e. The summed E-state index contributed by atoms with van der Waals surface area (Å²) in [6, 6.07) is 0. The lowest BCUT2D eigenvalue weighted by Crippen LogP contribution is -2.38. The zero-order valence-corrected chi connectivity index (χ0v) is 21.6. The molecular weight excluding hydrogens is 464 g/mol. The monoisotopic (exact) mass is 500 g/mol. The zero-order chi connectivity index (χ0) is 25.8. The summed E-state index contributed by atoms with van der Waals surface area (Å²) in [4.78, 5) is 29.6. The van der Waals surface area contributed by atoms with Crippen LogP contribution in [0.25, 0.3) is 0 Å². The highest BCUT2D eigenvalue weighted by molar-refractivity contribution is 7.13. The Labute approximate surface area is 211 Å². The number of amides is 1. The summed E-state index contributed by atoms with van der Waals surface area (Å²) in [7, 11) is 3.53. The third kappa shape index (κ3) is 8.80. The lowest BCUT2D eigenvalue weighted by atomic mass is 10.1. The van der Waals surface area contributed by atoms with Gasteiger partial charge < -0.3 is 25.0 Å². The molecule has 1 aliphatic heterocycles. The first kappa shape index (κ1) is 28.0. The maximum absolute atomic E-state index is 12.9. The van der Waals surface area contributed by atoms with Crippen molar-refractivity contribution in [1.82, 2.24) is 15.2 Å². The van der Waals surface area contributed by atoms with Gasteiger partial charge in [0.25, 0.3) is 5.91 Å². The highest BCUT2D eigenvalue weighted by Crippen LogP contribution is 2.25. The molecule has 2 heterocycles. The van der Waals surface area contributed by atoms with E-state index in [1.165, 1.54) is 17.5 Å². The number of anilines is 1. The van der Waals surface area contributed by atoms with Crippen LogP contribution in [0.5, 0.6) is 0 Å². The first-order valence-electron chi connectivity index (χ1n) is 11.5. The van der Waals surface area contributed by atoms with Gasteiger partial charge in [-0.2, -0.15) is 0 Å². The van der Waals surface area contributed by atoms with Gasteiger partial charge in [-0.25, -0.2) is 4.98 Å². The first-order valence-corrected chi connectivity index (χ1v) is 12.4. The van der Waals surface area contributed by atoms with Gasteiger partial charge >= 0.3 is 0 Å². The highest BCUT2D eigenvalue weighted by Gasteiger charge is 2.24. The summed E-state index contributed by atoms with van der Waals surface area (Å²) < 4.78 is 5.91. The second-order valence-electron chi connectivity index (χ2n) is 8.12. The van der Waals surface area contributed by atoms with E-state index in [4.69, 9.17) is 4.74 Å². The van der Waals surface area contributed by atoms with Gasteiger partial charge in [-0.1, -0.05) is 25.8 Å². The van der Waals surface area contributed by atoms with Crippen LogP contribution < -0.4 is 10.2 Å². The summed E-state index contributed by atoms with van der Waals surface area (Å²) >= 11 is 1.44. The number of thiazole rings is 1. The second kappa shape index (κ2) is 14.2. The summed E-state index contributed by atoms with van der Waals surface area (Å²) in [5.41, 5.74) is 1.52. The topological polar surface area (TPSA) is 103 Å². The molecule has 35 heavy (non-hydrogen) atoms. The third-order valence-electron chi connectivity index (χ3n) is 5.42. The van der Waals surface area contributed by atoms with E-state index in [9.17, 15) is 9.90 Å². The van der Waals surface area contributed by atoms with Gasteiger partial charge in [0, 0.05) is 58.2 Å². The van der Waals surface area contributed by atoms with Crippen LogP contribution in [0.15, 0.2) is 64.8 Å². The summed E-state index contributed by atoms with van der Waals surface area (Å²) in [5.74, 6) is 0.173. The molecule has 2 rings (SSSR count). The molecule has 1 aromatic rings. The normalized spacial score (nSPS) is 16.2. The Hall–Kier alpha value is -3.24. The lowest BCUT2D eigenvalue weighted by Gasteiger charge is -2.31. The molecule has 190 valence electrons. The summed E-state index contributed by atoms with van der Waals surface area (Å²) in [6.45, 7) is 15.2. The van der Waals surface area contributed by atoms with Gasteiger partial charge in [-0.3, -0.25) is 14.8 Å². The number of nitrogens with one attached hydrogen (secondary N) is 1. The van der Waals surface area contributed by atoms with Crippen molar-refractivity contribution in [2.45, 2.75) is 38.4 Å². The Morgan fingerprint density at radius 2 is 2.17 bits per heavy atom. The number of nitrogens with zero attached hydrogens (tertiary/aromatic N) is 5. The molecule has 9 nitrogen and oxygen atoms in total. The number of likely N-dealkylation sites (N-methyl/N-ethyl adjacent to an activating group) is 1. The molecule has 0 spiro atoms. The van der Waals surface area contributed by atoms with Crippen LogP contribution in [0.4, 0.5) is 5.13 Å². The van der Waals surface area contributed by atoms with Gasteiger partial charge in [-0.15, -0.1) is 11.3 Å². The minimum Gasteiger partial charge on any atom is -0.473 e. The molecule has 1 saturated heterocycles. The number of aliphatic hydroxyl groups is 1. The van der Waals surface area contributed by atoms with Gasteiger partial charge in [0.05, 0.1) is 23.7 Å². The predicted molar refractivity (Wildman–Crippen MR) is 144 cm³/mol. The molecule has 2 N–H and O–H groups in total. The molecule has 1 unspecified atom stereocenters. The molecule has 1 fully saturated rings. The number of aliphatic hydroxyl groups excluding tert-OH is 1. The Balaban J connectivity index is 1.95. The molecule has 0 bridgehead atoms. The standard InChI is InChI=1S/C25H36N6O3S/c1-7-9-21(19(4)30(6)13-10-18(3)32)28-24(33)22-17-35-25(29-22)31-14-11-20(12-15-31)34-23(26-5)16-27-8-2/h7-9,16-18,20,32H,1-2,4,10-15H2,3,5-6H3,(H,28,33)/b21-9+,26-23?,27-16?. The minimum absolute atomic E-state index is 0.0485. The number of hydrogen-bond acceptors (Lipinski definition) is 9. The quantitative estimate of drug-likeness (QED) is 0.259. The predicted octanol–water partition coefficient (Wildman–Crippen LogP) is 3.39. The van der Waals surface area contributed by atoms with Crippen molar-refractivity contribution in [1.29, 1.82) is 0 Å². The molecule has 0 radical (unpaired) electrons. The van der Waals surface area contributed by atoms with Crippen molar-refractivity contribution < 1.29 is 14.6 Å². The largest absolute Gasteiger partial charge is 0.473 e. The van der Waals surface area contributed by atoms with Crippen LogP contribution in [0, 0.1) is 0 Å². The number of rotatable bonds is 12. The second-order valence-corrected chi connectivity index (χ2v) is 8.95. The molecule has 0 saturated carbocycles. The van der Waals surface area contributed by atoms with Gasteiger partial charge in [0.1, 0.15) is 11.8 Å². The van der Waals surface area contributed by atoms with Crippen LogP contribution in [0.3, 0.4) is 0 Å². The van der Waals surface area contributed by atoms with Crippen molar-refractivity contribution in [3.63, 3.8) is 0 Å². The third-order valence-corrected chi connectivity index (χ3v) is 6.32. The minimum atomic E-state index is -0.412. The SMILES string of the molecule is C=C/C=C(/NC(=O)c1csc(N2CCC(OC(C=NC=C)=NC)CC2)n1)C(=C)N(C)CCC(C)O. The van der Waals surface area contributed by atoms with Gasteiger partial charge in [-0.05, 0) is 19.4 Å². The fourth-order valence-corrected chi connectivity index (χ4v) is 4.20. The van der Waals surface area contributed by atoms with Crippen LogP contribution >= 0.6 is 11.3 Å². The average molecular weight is 501 g/mol. The zero-order valence-electron chi connectivity index (χ0n) is 20.8. The van der Waals surface area contributed by atoms with E-state index in [2.05, 4.69) is 44.9 Å². The number of aromatic nitrogens is 1. The molecule has 0 aliphatic carbocycles. The van der Waals surface area contributed by atoms with E-state index in [-0.39, 0.29) is 12.0 Å². The lowest BCUT2D eigenvalue weighted by molar-refractivity contribution is 0.0960. The Bertz CT molecular complexity index is 974. The van der Waals surface area contributed by atoms with E-state index in [0.717, 1.165) is 31.1 Å². The van der Waals surface area contributed by atoms with Crippen LogP contribution in [0.2, 0.25) is 0 Å². The van der Waals surface area contributed by atoms with E-state index >= 15 is 0 Å². The number of carbonyl (C=O) groups excluding carboxylic acids is 1. The maximum atomic E-state index is 12.9. The van der Waals surface area contributed by atoms with Crippen molar-refractivity contribution in [2.24, 2.45) is 9.98 Å². The highest BCUT2D eigenvalue weighted by atomic mass is 32.1. The number of carbonyl (C=O) groups is 1. The van der Waals surface area contributed by atoms with Crippen molar-refractivity contribution in [2.75, 3.05) is 38.6 Å². The number of piperidine rings is 1. The fraction of sp³-hybridized carbons (Fsp3) is 0.440. The van der Waals surface area contributed by atoms with Crippen molar-refractivity contribution in [3.05, 3.63) is 60.6 Å². The Kier molecular flexibility index (Phi) is 11.4. The van der Waals surface area contributed by atoms with Crippen LogP contribution in [-0.2, 0) is 4.74 Å². The molecule has 1 atom stereocenters. The van der Waals surface area contributed by atoms with Crippen molar-refractivity contribution in [3.8, 4) is 0 Å². The summed E-state index contributed by atoms with van der Waals surface area (Å²) in [6.07, 6.45) is 8.15. The molecule has 1 aromatic heterocycles. The van der Waals surface area contributed by atoms with Crippen LogP contribution in [0.1, 0.15) is 36.7 Å². The first-order chi connectivity index (χ1) is 16.8. The molecule has 1 amide bonds. The van der Waals surface area contributed by atoms with E-state index in [1.807, 2.05) is 11.9 Å². The number of hydrogen-bond donors (Lipinski definition) is 2. The Morgan fingerprint density at radius 1 is 1.46 bits per heavy atom. The van der Waals surface area contributed by atoms with Crippen molar-refractivity contribution >= 4 is 34.5 Å². The van der Waals surface area contributed by atoms with Crippen LogP contribution in [-0.4, -0.2) is 78.9 Å². The molecular formula is C25H36N6O3S. The van der Waals surface area contributed by atoms with E-state index < -0.39 is 6.10 Å². The van der Waals surface area contributed by atoms with Gasteiger partial charge in [0.2, 0.25) is 5.90 Å². The molecule has 10 heteroatoms. The smallest absolute Gasteiger partial charge is 0.275 e. The number of allylic oxidation sites excluding steroid dienone is 2. The molecule has 0 aromatic carbocycles. The molecule has 1 aliphatic rings. The number of aliphatic imine (C=N–C) groups is 2. The fourth-order valence-electron chi connectivity index (χ4n) is 3.34. The summed E-state index contributed by atoms with van der Waals surface area (Å²) in [5, 5.41) is 15.0. The number of ether oxygens (including phenoxy) is 1. The van der Waals surface area contributed by atoms with E-state index in [1.54, 1.807) is 37.7 Å². The average Bonchev–Trinajstić information content (AvgIpc) is 3.35. The Morgan fingerprint density at radius 3 is 2.77 bits per heavy atom. The van der Waals surface area contributed by atoms with E-state index in [0.29, 0.717) is 36.0 Å². The van der Waals surface area contributed by atoms with Gasteiger partial charge in [0.15, 0.2) is 5.13 Å².